The monoisotopic (exact) mass is 419 g/mol. The van der Waals surface area contributed by atoms with Crippen LogP contribution in [0.3, 0.4) is 0 Å². The lowest BCUT2D eigenvalue weighted by Crippen LogP contribution is -2.14. The third-order valence-electron chi connectivity index (χ3n) is 5.04. The Balaban J connectivity index is 2.07. The Morgan fingerprint density at radius 1 is 1.17 bits per heavy atom. The number of methoxy groups -OCH3 is 1. The van der Waals surface area contributed by atoms with E-state index in [0.29, 0.717) is 11.1 Å². The molecule has 0 amide bonds. The minimum absolute atomic E-state index is 0.00317. The van der Waals surface area contributed by atoms with Crippen LogP contribution in [0.4, 0.5) is 8.78 Å². The van der Waals surface area contributed by atoms with Gasteiger partial charge in [0.05, 0.1) is 29.9 Å². The summed E-state index contributed by atoms with van der Waals surface area (Å²) in [5, 5.41) is 9.86. The average Bonchev–Trinajstić information content (AvgIpc) is 3.47. The summed E-state index contributed by atoms with van der Waals surface area (Å²) in [4.78, 5) is -0.268. The van der Waals surface area contributed by atoms with Crippen molar-refractivity contribution in [2.24, 2.45) is 0 Å². The van der Waals surface area contributed by atoms with Gasteiger partial charge in [0.25, 0.3) is 10.0 Å². The first kappa shape index (κ1) is 19.6. The molecule has 1 saturated carbocycles. The summed E-state index contributed by atoms with van der Waals surface area (Å²) < 4.78 is 61.6. The highest BCUT2D eigenvalue weighted by Crippen LogP contribution is 2.49. The fraction of sp³-hybridized carbons (Fsp3) is 0.238. The van der Waals surface area contributed by atoms with Crippen molar-refractivity contribution >= 4 is 10.0 Å². The van der Waals surface area contributed by atoms with Crippen molar-refractivity contribution in [3.05, 3.63) is 71.4 Å². The van der Waals surface area contributed by atoms with E-state index in [9.17, 15) is 22.3 Å². The van der Waals surface area contributed by atoms with Crippen LogP contribution in [-0.4, -0.2) is 24.6 Å². The number of halogens is 2. The zero-order valence-corrected chi connectivity index (χ0v) is 16.4. The van der Waals surface area contributed by atoms with E-state index < -0.39 is 28.3 Å². The van der Waals surface area contributed by atoms with Crippen molar-refractivity contribution in [2.45, 2.75) is 30.3 Å². The van der Waals surface area contributed by atoms with Crippen molar-refractivity contribution in [3.63, 3.8) is 0 Å². The Kier molecular flexibility index (Phi) is 4.92. The standard InChI is InChI=1S/C21H19F2NO4S/c1-28-18-7-3-6-17(23)20(18)21-19(13-8-9-13)14(12-25)11-24(21)29(26,27)16-5-2-4-15(22)10-16/h2-7,10-11,13,25H,8-9,12H2,1H3. The van der Waals surface area contributed by atoms with Gasteiger partial charge in [-0.3, -0.25) is 0 Å². The molecule has 0 aliphatic heterocycles. The van der Waals surface area contributed by atoms with Crippen LogP contribution in [0.5, 0.6) is 5.75 Å². The van der Waals surface area contributed by atoms with Crippen molar-refractivity contribution < 1.29 is 27.0 Å². The van der Waals surface area contributed by atoms with Crippen molar-refractivity contribution in [1.29, 1.82) is 0 Å². The molecule has 1 aromatic heterocycles. The predicted octanol–water partition coefficient (Wildman–Crippen LogP) is 4.05. The largest absolute Gasteiger partial charge is 0.496 e. The zero-order chi connectivity index (χ0) is 20.8. The maximum Gasteiger partial charge on any atom is 0.268 e. The van der Waals surface area contributed by atoms with E-state index in [-0.39, 0.29) is 27.8 Å². The molecule has 0 spiro atoms. The summed E-state index contributed by atoms with van der Waals surface area (Å²) >= 11 is 0. The first-order chi connectivity index (χ1) is 13.9. The van der Waals surface area contributed by atoms with Crippen molar-refractivity contribution in [2.75, 3.05) is 7.11 Å². The Morgan fingerprint density at radius 3 is 2.52 bits per heavy atom. The molecule has 1 fully saturated rings. The third-order valence-corrected chi connectivity index (χ3v) is 6.69. The van der Waals surface area contributed by atoms with E-state index in [1.54, 1.807) is 6.07 Å². The fourth-order valence-electron chi connectivity index (χ4n) is 3.58. The van der Waals surface area contributed by atoms with E-state index in [1.165, 1.54) is 37.6 Å². The van der Waals surface area contributed by atoms with Gasteiger partial charge in [0.2, 0.25) is 0 Å². The van der Waals surface area contributed by atoms with Crippen LogP contribution < -0.4 is 4.74 Å². The molecular formula is C21H19F2NO4S. The second kappa shape index (κ2) is 7.27. The molecule has 3 aromatic rings. The van der Waals surface area contributed by atoms with Gasteiger partial charge in [0.15, 0.2) is 0 Å². The molecule has 152 valence electrons. The molecule has 4 rings (SSSR count). The number of aliphatic hydroxyl groups excluding tert-OH is 1. The number of hydrogen-bond donors (Lipinski definition) is 1. The Labute approximate surface area is 167 Å². The molecule has 1 aliphatic carbocycles. The maximum absolute atomic E-state index is 14.9. The van der Waals surface area contributed by atoms with Gasteiger partial charge in [-0.05, 0) is 54.7 Å². The molecule has 0 radical (unpaired) electrons. The van der Waals surface area contributed by atoms with Crippen LogP contribution in [0.25, 0.3) is 11.3 Å². The summed E-state index contributed by atoms with van der Waals surface area (Å²) in [5.74, 6) is -1.16. The normalized spacial score (nSPS) is 14.2. The number of aromatic nitrogens is 1. The number of nitrogens with zero attached hydrogens (tertiary/aromatic N) is 1. The van der Waals surface area contributed by atoms with E-state index in [4.69, 9.17) is 4.74 Å². The minimum atomic E-state index is -4.26. The van der Waals surface area contributed by atoms with Gasteiger partial charge in [-0.2, -0.15) is 0 Å². The Morgan fingerprint density at radius 2 is 1.90 bits per heavy atom. The third kappa shape index (κ3) is 3.32. The van der Waals surface area contributed by atoms with Crippen LogP contribution in [0, 0.1) is 11.6 Å². The first-order valence-corrected chi connectivity index (χ1v) is 10.5. The smallest absolute Gasteiger partial charge is 0.268 e. The molecule has 5 nitrogen and oxygen atoms in total. The van der Waals surface area contributed by atoms with Gasteiger partial charge in [-0.25, -0.2) is 21.2 Å². The van der Waals surface area contributed by atoms with Crippen LogP contribution in [0.15, 0.2) is 53.6 Å². The van der Waals surface area contributed by atoms with Gasteiger partial charge >= 0.3 is 0 Å². The van der Waals surface area contributed by atoms with Gasteiger partial charge < -0.3 is 9.84 Å². The molecule has 0 unspecified atom stereocenters. The maximum atomic E-state index is 14.9. The van der Waals surface area contributed by atoms with Crippen molar-refractivity contribution in [1.82, 2.24) is 3.97 Å². The molecule has 1 N–H and O–H groups in total. The molecule has 0 saturated heterocycles. The van der Waals surface area contributed by atoms with Gasteiger partial charge in [0.1, 0.15) is 17.4 Å². The molecule has 8 heteroatoms. The van der Waals surface area contributed by atoms with Crippen molar-refractivity contribution in [3.8, 4) is 17.0 Å². The van der Waals surface area contributed by atoms with E-state index in [0.717, 1.165) is 28.9 Å². The topological polar surface area (TPSA) is 68.5 Å². The SMILES string of the molecule is COc1cccc(F)c1-c1c(C2CC2)c(CO)cn1S(=O)(=O)c1cccc(F)c1. The number of aliphatic hydroxyl groups is 1. The minimum Gasteiger partial charge on any atom is -0.496 e. The molecule has 1 heterocycles. The van der Waals surface area contributed by atoms with E-state index >= 15 is 0 Å². The zero-order valence-electron chi connectivity index (χ0n) is 15.6. The molecule has 2 aromatic carbocycles. The number of rotatable bonds is 6. The highest BCUT2D eigenvalue weighted by molar-refractivity contribution is 7.90. The number of benzene rings is 2. The second-order valence-electron chi connectivity index (χ2n) is 6.92. The van der Waals surface area contributed by atoms with Gasteiger partial charge in [0, 0.05) is 11.8 Å². The number of hydrogen-bond acceptors (Lipinski definition) is 4. The highest BCUT2D eigenvalue weighted by Gasteiger charge is 2.36. The van der Waals surface area contributed by atoms with Crippen LogP contribution >= 0.6 is 0 Å². The predicted molar refractivity (Wildman–Crippen MR) is 103 cm³/mol. The molecule has 1 aliphatic rings. The summed E-state index contributed by atoms with van der Waals surface area (Å²) in [5.41, 5.74) is 1.08. The summed E-state index contributed by atoms with van der Waals surface area (Å²) in [7, 11) is -2.88. The van der Waals surface area contributed by atoms with E-state index in [1.807, 2.05) is 0 Å². The summed E-state index contributed by atoms with van der Waals surface area (Å²) in [6.45, 7) is -0.402. The average molecular weight is 419 g/mol. The van der Waals surface area contributed by atoms with Crippen LogP contribution in [0.1, 0.15) is 29.9 Å². The summed E-state index contributed by atoms with van der Waals surface area (Å²) in [6.07, 6.45) is 2.90. The van der Waals surface area contributed by atoms with E-state index in [2.05, 4.69) is 0 Å². The first-order valence-electron chi connectivity index (χ1n) is 9.07. The lowest BCUT2D eigenvalue weighted by molar-refractivity contribution is 0.281. The van der Waals surface area contributed by atoms with Gasteiger partial charge in [-0.1, -0.05) is 12.1 Å². The quantitative estimate of drug-likeness (QED) is 0.655. The van der Waals surface area contributed by atoms with Crippen LogP contribution in [0.2, 0.25) is 0 Å². The number of ether oxygens (including phenoxy) is 1. The van der Waals surface area contributed by atoms with Crippen LogP contribution in [-0.2, 0) is 16.6 Å². The Bertz CT molecular complexity index is 1180. The summed E-state index contributed by atoms with van der Waals surface area (Å²) in [6, 6.07) is 8.85. The Hall–Kier alpha value is -2.71. The molecule has 29 heavy (non-hydrogen) atoms. The lowest BCUT2D eigenvalue weighted by atomic mass is 10.00. The fourth-order valence-corrected chi connectivity index (χ4v) is 5.01. The van der Waals surface area contributed by atoms with Gasteiger partial charge in [-0.15, -0.1) is 0 Å². The lowest BCUT2D eigenvalue weighted by Gasteiger charge is -2.16. The molecular weight excluding hydrogens is 400 g/mol. The molecule has 0 bridgehead atoms. The second-order valence-corrected chi connectivity index (χ2v) is 8.74. The highest BCUT2D eigenvalue weighted by atomic mass is 32.2. The molecule has 0 atom stereocenters.